The van der Waals surface area contributed by atoms with Gasteiger partial charge in [-0.25, -0.2) is 0 Å². The molecule has 0 spiro atoms. The Morgan fingerprint density at radius 2 is 1.91 bits per heavy atom. The normalized spacial score (nSPS) is 23.9. The second-order valence-corrected chi connectivity index (χ2v) is 6.39. The van der Waals surface area contributed by atoms with Gasteiger partial charge in [-0.15, -0.1) is 0 Å². The summed E-state index contributed by atoms with van der Waals surface area (Å²) in [6, 6.07) is 7.98. The SMILES string of the molecule is O=C1C2CN(c3cccnc3)CC2CCN1Cc1cccnc1. The van der Waals surface area contributed by atoms with Crippen molar-refractivity contribution < 1.29 is 4.79 Å². The van der Waals surface area contributed by atoms with Crippen LogP contribution in [0.1, 0.15) is 12.0 Å². The van der Waals surface area contributed by atoms with Crippen molar-refractivity contribution in [3.8, 4) is 0 Å². The Kier molecular flexibility index (Phi) is 3.69. The van der Waals surface area contributed by atoms with E-state index in [9.17, 15) is 4.79 Å². The van der Waals surface area contributed by atoms with E-state index in [1.807, 2.05) is 35.5 Å². The maximum Gasteiger partial charge on any atom is 0.228 e. The van der Waals surface area contributed by atoms with Gasteiger partial charge in [-0.1, -0.05) is 6.07 Å². The lowest BCUT2D eigenvalue weighted by Crippen LogP contribution is -2.44. The second-order valence-electron chi connectivity index (χ2n) is 6.39. The highest BCUT2D eigenvalue weighted by atomic mass is 16.2. The zero-order chi connectivity index (χ0) is 15.6. The Bertz CT molecular complexity index is 676. The summed E-state index contributed by atoms with van der Waals surface area (Å²) in [5, 5.41) is 0. The van der Waals surface area contributed by atoms with Crippen molar-refractivity contribution in [1.82, 2.24) is 14.9 Å². The largest absolute Gasteiger partial charge is 0.369 e. The minimum absolute atomic E-state index is 0.112. The molecule has 2 saturated heterocycles. The first-order valence-electron chi connectivity index (χ1n) is 8.14. The summed E-state index contributed by atoms with van der Waals surface area (Å²) in [7, 11) is 0. The first kappa shape index (κ1) is 14.2. The predicted octanol–water partition coefficient (Wildman–Crippen LogP) is 1.96. The fourth-order valence-electron chi connectivity index (χ4n) is 3.73. The fraction of sp³-hybridized carbons (Fsp3) is 0.389. The van der Waals surface area contributed by atoms with E-state index in [1.165, 1.54) is 0 Å². The van der Waals surface area contributed by atoms with Crippen LogP contribution in [0.3, 0.4) is 0 Å². The Morgan fingerprint density at radius 3 is 2.65 bits per heavy atom. The van der Waals surface area contributed by atoms with Gasteiger partial charge < -0.3 is 9.80 Å². The van der Waals surface area contributed by atoms with Gasteiger partial charge in [-0.05, 0) is 36.1 Å². The molecule has 4 heterocycles. The number of anilines is 1. The highest BCUT2D eigenvalue weighted by Crippen LogP contribution is 2.34. The molecular weight excluding hydrogens is 288 g/mol. The summed E-state index contributed by atoms with van der Waals surface area (Å²) in [6.45, 7) is 3.28. The molecule has 0 radical (unpaired) electrons. The van der Waals surface area contributed by atoms with E-state index in [0.29, 0.717) is 12.5 Å². The van der Waals surface area contributed by atoms with Crippen LogP contribution < -0.4 is 4.90 Å². The first-order chi connectivity index (χ1) is 11.3. The zero-order valence-corrected chi connectivity index (χ0v) is 13.0. The van der Waals surface area contributed by atoms with Crippen LogP contribution in [-0.4, -0.2) is 40.4 Å². The summed E-state index contributed by atoms with van der Waals surface area (Å²) in [5.41, 5.74) is 2.22. The van der Waals surface area contributed by atoms with Crippen LogP contribution in [0.5, 0.6) is 0 Å². The van der Waals surface area contributed by atoms with Crippen molar-refractivity contribution in [2.24, 2.45) is 11.8 Å². The van der Waals surface area contributed by atoms with E-state index in [1.54, 1.807) is 12.4 Å². The third-order valence-corrected chi connectivity index (χ3v) is 4.95. The smallest absolute Gasteiger partial charge is 0.228 e. The maximum absolute atomic E-state index is 12.9. The summed E-state index contributed by atoms with van der Waals surface area (Å²) in [6.07, 6.45) is 8.35. The highest BCUT2D eigenvalue weighted by molar-refractivity contribution is 5.81. The quantitative estimate of drug-likeness (QED) is 0.870. The molecule has 1 amide bonds. The van der Waals surface area contributed by atoms with Crippen molar-refractivity contribution in [2.75, 3.05) is 24.5 Å². The molecule has 0 aliphatic carbocycles. The number of nitrogens with zero attached hydrogens (tertiary/aromatic N) is 4. The van der Waals surface area contributed by atoms with Crippen LogP contribution in [0.25, 0.3) is 0 Å². The van der Waals surface area contributed by atoms with Crippen molar-refractivity contribution >= 4 is 11.6 Å². The van der Waals surface area contributed by atoms with Crippen molar-refractivity contribution in [2.45, 2.75) is 13.0 Å². The molecule has 2 aliphatic rings. The minimum Gasteiger partial charge on any atom is -0.369 e. The van der Waals surface area contributed by atoms with E-state index in [0.717, 1.165) is 37.3 Å². The molecule has 2 unspecified atom stereocenters. The number of amides is 1. The number of aromatic nitrogens is 2. The van der Waals surface area contributed by atoms with Gasteiger partial charge in [0.15, 0.2) is 0 Å². The topological polar surface area (TPSA) is 49.3 Å². The molecule has 0 N–H and O–H groups in total. The number of carbonyl (C=O) groups excluding carboxylic acids is 1. The summed E-state index contributed by atoms with van der Waals surface area (Å²) < 4.78 is 0. The number of pyridine rings is 2. The molecule has 2 atom stereocenters. The van der Waals surface area contributed by atoms with Crippen molar-refractivity contribution in [3.05, 3.63) is 54.6 Å². The van der Waals surface area contributed by atoms with Gasteiger partial charge >= 0.3 is 0 Å². The molecule has 0 saturated carbocycles. The van der Waals surface area contributed by atoms with Gasteiger partial charge in [0.25, 0.3) is 0 Å². The molecule has 2 aliphatic heterocycles. The summed E-state index contributed by atoms with van der Waals surface area (Å²) in [4.78, 5) is 25.5. The lowest BCUT2D eigenvalue weighted by molar-refractivity contribution is -0.140. The molecule has 4 rings (SSSR count). The van der Waals surface area contributed by atoms with Gasteiger partial charge in [0.1, 0.15) is 0 Å². The Hall–Kier alpha value is -2.43. The Morgan fingerprint density at radius 1 is 1.09 bits per heavy atom. The first-order valence-corrected chi connectivity index (χ1v) is 8.14. The van der Waals surface area contributed by atoms with Crippen LogP contribution >= 0.6 is 0 Å². The number of hydrogen-bond donors (Lipinski definition) is 0. The van der Waals surface area contributed by atoms with Crippen molar-refractivity contribution in [3.63, 3.8) is 0 Å². The van der Waals surface area contributed by atoms with Crippen LogP contribution in [-0.2, 0) is 11.3 Å². The predicted molar refractivity (Wildman–Crippen MR) is 87.7 cm³/mol. The minimum atomic E-state index is 0.112. The third kappa shape index (κ3) is 2.79. The van der Waals surface area contributed by atoms with Gasteiger partial charge in [0, 0.05) is 44.8 Å². The van der Waals surface area contributed by atoms with Crippen LogP contribution in [0.2, 0.25) is 0 Å². The number of rotatable bonds is 3. The number of likely N-dealkylation sites (tertiary alicyclic amines) is 1. The standard InChI is InChI=1S/C18H20N4O/c23-18-17-13-22(16-4-2-7-20-10-16)12-15(17)5-8-21(18)11-14-3-1-6-19-9-14/h1-4,6-7,9-10,15,17H,5,8,11-13H2. The molecule has 118 valence electrons. The number of piperidine rings is 1. The average Bonchev–Trinajstić information content (AvgIpc) is 3.04. The van der Waals surface area contributed by atoms with Gasteiger partial charge in [-0.3, -0.25) is 14.8 Å². The van der Waals surface area contributed by atoms with Crippen LogP contribution in [0.15, 0.2) is 49.1 Å². The van der Waals surface area contributed by atoms with Crippen LogP contribution in [0.4, 0.5) is 5.69 Å². The zero-order valence-electron chi connectivity index (χ0n) is 13.0. The van der Waals surface area contributed by atoms with Gasteiger partial charge in [0.05, 0.1) is 17.8 Å². The number of fused-ring (bicyclic) bond motifs is 1. The Balaban J connectivity index is 1.46. The molecule has 5 heteroatoms. The van der Waals surface area contributed by atoms with E-state index in [-0.39, 0.29) is 11.8 Å². The van der Waals surface area contributed by atoms with Crippen LogP contribution in [0, 0.1) is 11.8 Å². The van der Waals surface area contributed by atoms with Gasteiger partial charge in [-0.2, -0.15) is 0 Å². The molecule has 5 nitrogen and oxygen atoms in total. The average molecular weight is 308 g/mol. The molecule has 23 heavy (non-hydrogen) atoms. The lowest BCUT2D eigenvalue weighted by Gasteiger charge is -2.33. The fourth-order valence-corrected chi connectivity index (χ4v) is 3.73. The van der Waals surface area contributed by atoms with E-state index in [2.05, 4.69) is 20.9 Å². The van der Waals surface area contributed by atoms with E-state index < -0.39 is 0 Å². The highest BCUT2D eigenvalue weighted by Gasteiger charge is 2.42. The number of hydrogen-bond acceptors (Lipinski definition) is 4. The third-order valence-electron chi connectivity index (χ3n) is 4.95. The molecule has 0 aromatic carbocycles. The van der Waals surface area contributed by atoms with E-state index in [4.69, 9.17) is 0 Å². The molecule has 0 bridgehead atoms. The monoisotopic (exact) mass is 308 g/mol. The number of carbonyl (C=O) groups is 1. The maximum atomic E-state index is 12.9. The Labute approximate surface area is 136 Å². The molecule has 2 fully saturated rings. The molecule has 2 aromatic heterocycles. The van der Waals surface area contributed by atoms with Gasteiger partial charge in [0.2, 0.25) is 5.91 Å². The summed E-state index contributed by atoms with van der Waals surface area (Å²) in [5.74, 6) is 0.866. The molecule has 2 aromatic rings. The van der Waals surface area contributed by atoms with E-state index >= 15 is 0 Å². The summed E-state index contributed by atoms with van der Waals surface area (Å²) >= 11 is 0. The van der Waals surface area contributed by atoms with Crippen molar-refractivity contribution in [1.29, 1.82) is 0 Å². The lowest BCUT2D eigenvalue weighted by atomic mass is 9.88. The molecular formula is C18H20N4O. The second kappa shape index (κ2) is 5.99.